The molecule has 0 saturated carbocycles. The van der Waals surface area contributed by atoms with Crippen molar-refractivity contribution in [2.75, 3.05) is 7.11 Å². The van der Waals surface area contributed by atoms with Crippen molar-refractivity contribution in [2.24, 2.45) is 5.73 Å². The van der Waals surface area contributed by atoms with Gasteiger partial charge in [-0.3, -0.25) is 9.36 Å². The van der Waals surface area contributed by atoms with E-state index in [1.165, 1.54) is 55.6 Å². The van der Waals surface area contributed by atoms with Gasteiger partial charge in [-0.2, -0.15) is 5.26 Å². The van der Waals surface area contributed by atoms with Crippen LogP contribution in [0, 0.1) is 23.0 Å². The van der Waals surface area contributed by atoms with E-state index in [-0.39, 0.29) is 26.2 Å². The molecule has 4 rings (SSSR count). The van der Waals surface area contributed by atoms with Gasteiger partial charge >= 0.3 is 5.97 Å². The number of fused-ring (bicyclic) bond motifs is 1. The van der Waals surface area contributed by atoms with Crippen LogP contribution in [0.25, 0.3) is 17.5 Å². The zero-order valence-corrected chi connectivity index (χ0v) is 17.5. The normalized spacial score (nSPS) is 16.0. The number of nitrogens with two attached hydrogens (primary N) is 1. The van der Waals surface area contributed by atoms with Gasteiger partial charge in [0.2, 0.25) is 0 Å². The molecule has 1 aromatic heterocycles. The number of nitrogens with zero attached hydrogens (tertiary/aromatic N) is 2. The van der Waals surface area contributed by atoms with Crippen molar-refractivity contribution in [1.29, 1.82) is 5.26 Å². The molecule has 1 atom stereocenters. The molecule has 0 spiro atoms. The lowest BCUT2D eigenvalue weighted by Gasteiger charge is -2.24. The average molecular weight is 451 g/mol. The molecule has 2 aromatic carbocycles. The Kier molecular flexibility index (Phi) is 5.47. The fraction of sp³-hybridized carbons (Fsp3) is 0.0870. The highest BCUT2D eigenvalue weighted by Gasteiger charge is 2.36. The Morgan fingerprint density at radius 2 is 1.75 bits per heavy atom. The van der Waals surface area contributed by atoms with E-state index >= 15 is 0 Å². The molecule has 0 aliphatic carbocycles. The highest BCUT2D eigenvalue weighted by molar-refractivity contribution is 7.07. The summed E-state index contributed by atoms with van der Waals surface area (Å²) in [6.45, 7) is 0. The minimum Gasteiger partial charge on any atom is -0.466 e. The van der Waals surface area contributed by atoms with Crippen LogP contribution in [-0.2, 0) is 9.53 Å². The van der Waals surface area contributed by atoms with E-state index in [9.17, 15) is 23.6 Å². The molecule has 0 fully saturated rings. The van der Waals surface area contributed by atoms with E-state index in [0.29, 0.717) is 11.1 Å². The zero-order valence-electron chi connectivity index (χ0n) is 16.6. The summed E-state index contributed by atoms with van der Waals surface area (Å²) in [7, 11) is 1.19. The number of nitriles is 1. The minimum absolute atomic E-state index is 0.0299. The molecule has 0 bridgehead atoms. The van der Waals surface area contributed by atoms with Gasteiger partial charge in [-0.25, -0.2) is 13.6 Å². The van der Waals surface area contributed by atoms with Crippen LogP contribution in [0.3, 0.4) is 0 Å². The first-order chi connectivity index (χ1) is 15.3. The number of hydrogen-bond donors (Lipinski definition) is 1. The van der Waals surface area contributed by atoms with E-state index in [2.05, 4.69) is 0 Å². The first-order valence-electron chi connectivity index (χ1n) is 9.33. The first kappa shape index (κ1) is 21.2. The molecule has 1 unspecified atom stereocenters. The summed E-state index contributed by atoms with van der Waals surface area (Å²) in [5, 5.41) is 9.82. The maximum absolute atomic E-state index is 13.5. The molecule has 1 aliphatic heterocycles. The number of ether oxygens (including phenoxy) is 1. The van der Waals surface area contributed by atoms with Crippen LogP contribution in [0.4, 0.5) is 8.78 Å². The molecule has 0 radical (unpaired) electrons. The van der Waals surface area contributed by atoms with Gasteiger partial charge in [-0.15, -0.1) is 11.3 Å². The highest BCUT2D eigenvalue weighted by atomic mass is 32.1. The van der Waals surface area contributed by atoms with Crippen LogP contribution < -0.4 is 20.5 Å². The summed E-state index contributed by atoms with van der Waals surface area (Å²) < 4.78 is 33.2. The average Bonchev–Trinajstić information content (AvgIpc) is 3.11. The number of methoxy groups -OCH3 is 1. The Morgan fingerprint density at radius 1 is 1.16 bits per heavy atom. The predicted octanol–water partition coefficient (Wildman–Crippen LogP) is 1.79. The molecule has 160 valence electrons. The lowest BCUT2D eigenvalue weighted by molar-refractivity contribution is -0.134. The van der Waals surface area contributed by atoms with Crippen LogP contribution in [0.5, 0.6) is 0 Å². The molecule has 2 heterocycles. The van der Waals surface area contributed by atoms with Gasteiger partial charge in [0.15, 0.2) is 0 Å². The number of carbonyl (C=O) groups excluding carboxylic acids is 1. The molecular weight excluding hydrogens is 436 g/mol. The van der Waals surface area contributed by atoms with E-state index < -0.39 is 29.1 Å². The predicted molar refractivity (Wildman–Crippen MR) is 115 cm³/mol. The van der Waals surface area contributed by atoms with Gasteiger partial charge in [0.05, 0.1) is 34.8 Å². The van der Waals surface area contributed by atoms with Crippen LogP contribution in [0.1, 0.15) is 17.0 Å². The van der Waals surface area contributed by atoms with Crippen molar-refractivity contribution in [3.8, 4) is 6.07 Å². The third kappa shape index (κ3) is 3.50. The Bertz CT molecular complexity index is 1480. The number of carbonyl (C=O) groups is 1. The Labute approximate surface area is 184 Å². The molecule has 0 amide bonds. The summed E-state index contributed by atoms with van der Waals surface area (Å²) in [4.78, 5) is 25.9. The maximum atomic E-state index is 13.5. The number of thiazole rings is 1. The number of rotatable bonds is 3. The summed E-state index contributed by atoms with van der Waals surface area (Å²) in [6.07, 6.45) is 1.54. The van der Waals surface area contributed by atoms with Crippen molar-refractivity contribution < 1.29 is 18.3 Å². The Hall–Kier alpha value is -4.03. The fourth-order valence-corrected chi connectivity index (χ4v) is 4.72. The topological polar surface area (TPSA) is 98.1 Å². The summed E-state index contributed by atoms with van der Waals surface area (Å²) in [6, 6.07) is 12.8. The van der Waals surface area contributed by atoms with Crippen molar-refractivity contribution in [3.05, 3.63) is 96.4 Å². The molecule has 32 heavy (non-hydrogen) atoms. The number of esters is 1. The zero-order chi connectivity index (χ0) is 23.0. The lowest BCUT2D eigenvalue weighted by atomic mass is 9.84. The SMILES string of the molecule is COC(=O)C1=c2sc(=Cc3ccc(F)cc3)c(=O)n2C(N)=C(C#N)C1c1ccc(F)cc1. The van der Waals surface area contributed by atoms with Crippen LogP contribution >= 0.6 is 11.3 Å². The first-order valence-corrected chi connectivity index (χ1v) is 10.1. The van der Waals surface area contributed by atoms with E-state index in [4.69, 9.17) is 10.5 Å². The molecule has 2 N–H and O–H groups in total. The van der Waals surface area contributed by atoms with Crippen LogP contribution in [-0.4, -0.2) is 17.6 Å². The lowest BCUT2D eigenvalue weighted by Crippen LogP contribution is -2.40. The van der Waals surface area contributed by atoms with Gasteiger partial charge < -0.3 is 10.5 Å². The van der Waals surface area contributed by atoms with Gasteiger partial charge in [-0.1, -0.05) is 24.3 Å². The third-order valence-electron chi connectivity index (χ3n) is 5.05. The van der Waals surface area contributed by atoms with Crippen molar-refractivity contribution in [1.82, 2.24) is 4.57 Å². The fourth-order valence-electron chi connectivity index (χ4n) is 3.55. The standard InChI is InChI=1S/C23H15F2N3O3S/c1-31-23(30)19-18(13-4-8-15(25)9-5-13)16(11-26)20(27)28-21(29)17(32-22(19)28)10-12-2-6-14(24)7-3-12/h2-10,18H,27H2,1H3. The smallest absolute Gasteiger partial charge is 0.337 e. The number of halogens is 2. The van der Waals surface area contributed by atoms with Crippen molar-refractivity contribution >= 4 is 34.8 Å². The summed E-state index contributed by atoms with van der Waals surface area (Å²) in [5.74, 6) is -2.71. The van der Waals surface area contributed by atoms with E-state index in [1.807, 2.05) is 6.07 Å². The molecular formula is C23H15F2N3O3S. The quantitative estimate of drug-likeness (QED) is 0.613. The molecule has 6 nitrogen and oxygen atoms in total. The molecule has 0 saturated heterocycles. The molecule has 3 aromatic rings. The largest absolute Gasteiger partial charge is 0.466 e. The van der Waals surface area contributed by atoms with Gasteiger partial charge in [0.1, 0.15) is 22.1 Å². The second-order valence-corrected chi connectivity index (χ2v) is 7.94. The van der Waals surface area contributed by atoms with Crippen LogP contribution in [0.15, 0.2) is 58.9 Å². The van der Waals surface area contributed by atoms with E-state index in [1.54, 1.807) is 6.08 Å². The van der Waals surface area contributed by atoms with Crippen molar-refractivity contribution in [2.45, 2.75) is 5.92 Å². The highest BCUT2D eigenvalue weighted by Crippen LogP contribution is 2.36. The monoisotopic (exact) mass is 451 g/mol. The van der Waals surface area contributed by atoms with Crippen LogP contribution in [0.2, 0.25) is 0 Å². The van der Waals surface area contributed by atoms with Gasteiger partial charge in [-0.05, 0) is 41.5 Å². The number of allylic oxidation sites excluding steroid dienone is 1. The van der Waals surface area contributed by atoms with E-state index in [0.717, 1.165) is 15.9 Å². The number of benzene rings is 2. The Balaban J connectivity index is 2.08. The Morgan fingerprint density at radius 3 is 2.31 bits per heavy atom. The summed E-state index contributed by atoms with van der Waals surface area (Å²) in [5.41, 5.74) is 6.72. The maximum Gasteiger partial charge on any atom is 0.337 e. The number of hydrogen-bond acceptors (Lipinski definition) is 6. The molecule has 9 heteroatoms. The van der Waals surface area contributed by atoms with Crippen molar-refractivity contribution in [3.63, 3.8) is 0 Å². The molecule has 1 aliphatic rings. The summed E-state index contributed by atoms with van der Waals surface area (Å²) >= 11 is 0.996. The third-order valence-corrected chi connectivity index (χ3v) is 6.15. The minimum atomic E-state index is -0.940. The second kappa shape index (κ2) is 8.24. The number of aromatic nitrogens is 1. The second-order valence-electron chi connectivity index (χ2n) is 6.91. The van der Waals surface area contributed by atoms with Gasteiger partial charge in [0, 0.05) is 0 Å². The van der Waals surface area contributed by atoms with Gasteiger partial charge in [0.25, 0.3) is 5.56 Å².